The van der Waals surface area contributed by atoms with Crippen LogP contribution in [0.15, 0.2) is 36.7 Å². The number of rotatable bonds is 3. The smallest absolute Gasteiger partial charge is 0.0485 e. The average molecular weight is 215 g/mol. The Morgan fingerprint density at radius 2 is 2.06 bits per heavy atom. The first kappa shape index (κ1) is 11.1. The molecule has 1 N–H and O–H groups in total. The van der Waals surface area contributed by atoms with Crippen LogP contribution in [-0.2, 0) is 6.42 Å². The van der Waals surface area contributed by atoms with Crippen molar-refractivity contribution in [1.82, 2.24) is 4.98 Å². The third-order valence-corrected chi connectivity index (χ3v) is 2.87. The van der Waals surface area contributed by atoms with Gasteiger partial charge in [-0.1, -0.05) is 32.0 Å². The summed E-state index contributed by atoms with van der Waals surface area (Å²) in [5.41, 5.74) is 1.20. The highest BCUT2D eigenvalue weighted by Crippen LogP contribution is 2.26. The zero-order chi connectivity index (χ0) is 11.6. The normalized spacial score (nSPS) is 11.9. The van der Waals surface area contributed by atoms with Gasteiger partial charge in [0.1, 0.15) is 0 Å². The van der Waals surface area contributed by atoms with Crippen molar-refractivity contribution in [1.29, 1.82) is 0 Å². The molecule has 0 aliphatic heterocycles. The van der Waals surface area contributed by atoms with Crippen LogP contribution in [-0.4, -0.2) is 16.7 Å². The molecule has 0 spiro atoms. The lowest BCUT2D eigenvalue weighted by atomic mass is 9.85. The lowest BCUT2D eigenvalue weighted by Crippen LogP contribution is -2.19. The minimum absolute atomic E-state index is 0.0719. The van der Waals surface area contributed by atoms with Crippen molar-refractivity contribution in [2.45, 2.75) is 20.3 Å². The van der Waals surface area contributed by atoms with E-state index in [4.69, 9.17) is 0 Å². The number of aliphatic hydroxyl groups is 1. The first-order chi connectivity index (χ1) is 7.62. The van der Waals surface area contributed by atoms with Crippen molar-refractivity contribution in [3.63, 3.8) is 0 Å². The summed E-state index contributed by atoms with van der Waals surface area (Å²) >= 11 is 0. The number of nitrogens with zero attached hydrogens (tertiary/aromatic N) is 1. The molecule has 1 aromatic carbocycles. The highest BCUT2D eigenvalue weighted by molar-refractivity contribution is 5.84. The van der Waals surface area contributed by atoms with Gasteiger partial charge in [-0.05, 0) is 28.9 Å². The van der Waals surface area contributed by atoms with Gasteiger partial charge in [-0.15, -0.1) is 0 Å². The van der Waals surface area contributed by atoms with Crippen molar-refractivity contribution >= 4 is 10.8 Å². The summed E-state index contributed by atoms with van der Waals surface area (Å²) in [7, 11) is 0. The van der Waals surface area contributed by atoms with Gasteiger partial charge in [0, 0.05) is 24.4 Å². The number of benzene rings is 1. The van der Waals surface area contributed by atoms with Gasteiger partial charge in [-0.3, -0.25) is 4.98 Å². The van der Waals surface area contributed by atoms with E-state index in [1.54, 1.807) is 0 Å². The number of hydrogen-bond acceptors (Lipinski definition) is 2. The van der Waals surface area contributed by atoms with E-state index in [0.717, 1.165) is 11.8 Å². The first-order valence-corrected chi connectivity index (χ1v) is 5.55. The van der Waals surface area contributed by atoms with Crippen LogP contribution in [0.25, 0.3) is 10.8 Å². The molecule has 2 heteroatoms. The molecule has 1 heterocycles. The van der Waals surface area contributed by atoms with E-state index >= 15 is 0 Å². The molecule has 1 aromatic heterocycles. The lowest BCUT2D eigenvalue weighted by molar-refractivity contribution is 0.160. The highest BCUT2D eigenvalue weighted by Gasteiger charge is 2.18. The Labute approximate surface area is 96.0 Å². The van der Waals surface area contributed by atoms with E-state index in [9.17, 15) is 5.11 Å². The summed E-state index contributed by atoms with van der Waals surface area (Å²) in [5.74, 6) is 0. The van der Waals surface area contributed by atoms with Crippen molar-refractivity contribution < 1.29 is 5.11 Å². The second kappa shape index (κ2) is 4.22. The fourth-order valence-corrected chi connectivity index (χ4v) is 1.92. The second-order valence-corrected chi connectivity index (χ2v) is 5.01. The van der Waals surface area contributed by atoms with Gasteiger partial charge in [-0.25, -0.2) is 0 Å². The van der Waals surface area contributed by atoms with Crippen LogP contribution in [0.4, 0.5) is 0 Å². The lowest BCUT2D eigenvalue weighted by Gasteiger charge is -2.22. The van der Waals surface area contributed by atoms with E-state index in [1.165, 1.54) is 10.9 Å². The first-order valence-electron chi connectivity index (χ1n) is 5.55. The number of fused-ring (bicyclic) bond motifs is 1. The molecule has 0 amide bonds. The maximum absolute atomic E-state index is 9.32. The summed E-state index contributed by atoms with van der Waals surface area (Å²) in [5, 5.41) is 11.7. The van der Waals surface area contributed by atoms with Gasteiger partial charge in [0.05, 0.1) is 0 Å². The van der Waals surface area contributed by atoms with Crippen LogP contribution in [0, 0.1) is 5.41 Å². The van der Waals surface area contributed by atoms with E-state index in [1.807, 2.05) is 24.5 Å². The molecule has 0 bridgehead atoms. The van der Waals surface area contributed by atoms with E-state index in [-0.39, 0.29) is 12.0 Å². The monoisotopic (exact) mass is 215 g/mol. The molecule has 0 radical (unpaired) electrons. The molecule has 0 atom stereocenters. The second-order valence-electron chi connectivity index (χ2n) is 5.01. The van der Waals surface area contributed by atoms with Crippen molar-refractivity contribution in [2.24, 2.45) is 5.41 Å². The predicted molar refractivity (Wildman–Crippen MR) is 66.3 cm³/mol. The number of pyridine rings is 1. The van der Waals surface area contributed by atoms with Gasteiger partial charge >= 0.3 is 0 Å². The third kappa shape index (κ3) is 2.22. The Morgan fingerprint density at radius 1 is 1.25 bits per heavy atom. The fourth-order valence-electron chi connectivity index (χ4n) is 1.92. The molecule has 84 valence electrons. The van der Waals surface area contributed by atoms with Crippen LogP contribution in [0.3, 0.4) is 0 Å². The minimum Gasteiger partial charge on any atom is -0.396 e. The maximum atomic E-state index is 9.32. The molecule has 2 rings (SSSR count). The average Bonchev–Trinajstić information content (AvgIpc) is 2.29. The number of aromatic nitrogens is 1. The van der Waals surface area contributed by atoms with Crippen LogP contribution < -0.4 is 0 Å². The zero-order valence-electron chi connectivity index (χ0n) is 9.77. The van der Waals surface area contributed by atoms with E-state index in [2.05, 4.69) is 31.0 Å². The summed E-state index contributed by atoms with van der Waals surface area (Å²) in [4.78, 5) is 4.12. The molecule has 0 unspecified atom stereocenters. The maximum Gasteiger partial charge on any atom is 0.0485 e. The zero-order valence-corrected chi connectivity index (χ0v) is 9.77. The summed E-state index contributed by atoms with van der Waals surface area (Å²) in [6.45, 7) is 4.36. The molecule has 0 aliphatic rings. The largest absolute Gasteiger partial charge is 0.396 e. The van der Waals surface area contributed by atoms with Crippen molar-refractivity contribution in [3.05, 3.63) is 42.2 Å². The molecule has 2 aromatic rings. The highest BCUT2D eigenvalue weighted by atomic mass is 16.3. The van der Waals surface area contributed by atoms with Crippen LogP contribution in [0.1, 0.15) is 19.4 Å². The van der Waals surface area contributed by atoms with Gasteiger partial charge in [0.2, 0.25) is 0 Å². The number of hydrogen-bond donors (Lipinski definition) is 1. The quantitative estimate of drug-likeness (QED) is 0.854. The molecule has 0 saturated heterocycles. The van der Waals surface area contributed by atoms with Crippen LogP contribution in [0.2, 0.25) is 0 Å². The van der Waals surface area contributed by atoms with E-state index in [0.29, 0.717) is 0 Å². The molecule has 0 fully saturated rings. The topological polar surface area (TPSA) is 33.1 Å². The SMILES string of the molecule is CC(C)(CO)Cc1cccc2cnccc12. The Hall–Kier alpha value is -1.41. The fraction of sp³-hybridized carbons (Fsp3) is 0.357. The van der Waals surface area contributed by atoms with Gasteiger partial charge in [0.25, 0.3) is 0 Å². The van der Waals surface area contributed by atoms with E-state index < -0.39 is 0 Å². The molecular formula is C14H17NO. The summed E-state index contributed by atoms with van der Waals surface area (Å²) in [6, 6.07) is 8.28. The molecule has 2 nitrogen and oxygen atoms in total. The summed E-state index contributed by atoms with van der Waals surface area (Å²) < 4.78 is 0. The Kier molecular flexibility index (Phi) is 2.92. The molecule has 0 aliphatic carbocycles. The Bertz CT molecular complexity index is 486. The van der Waals surface area contributed by atoms with Gasteiger partial charge < -0.3 is 5.11 Å². The Morgan fingerprint density at radius 3 is 2.81 bits per heavy atom. The summed E-state index contributed by atoms with van der Waals surface area (Å²) in [6.07, 6.45) is 4.58. The molecule has 16 heavy (non-hydrogen) atoms. The molecular weight excluding hydrogens is 198 g/mol. The number of aliphatic hydroxyl groups excluding tert-OH is 1. The Balaban J connectivity index is 2.45. The predicted octanol–water partition coefficient (Wildman–Crippen LogP) is 2.80. The molecule has 0 saturated carbocycles. The van der Waals surface area contributed by atoms with Crippen LogP contribution in [0.5, 0.6) is 0 Å². The van der Waals surface area contributed by atoms with Gasteiger partial charge in [-0.2, -0.15) is 0 Å². The van der Waals surface area contributed by atoms with Crippen molar-refractivity contribution in [2.75, 3.05) is 6.61 Å². The third-order valence-electron chi connectivity index (χ3n) is 2.87. The standard InChI is InChI=1S/C14H17NO/c1-14(2,10-16)8-11-4-3-5-12-9-15-7-6-13(11)12/h3-7,9,16H,8,10H2,1-2H3. The van der Waals surface area contributed by atoms with Crippen LogP contribution >= 0.6 is 0 Å². The minimum atomic E-state index is -0.0719. The van der Waals surface area contributed by atoms with Crippen molar-refractivity contribution in [3.8, 4) is 0 Å². The van der Waals surface area contributed by atoms with Gasteiger partial charge in [0.15, 0.2) is 0 Å².